The second-order valence-electron chi connectivity index (χ2n) is 6.56. The minimum absolute atomic E-state index is 0.535. The maximum absolute atomic E-state index is 10.6. The molecule has 1 unspecified atom stereocenters. The van der Waals surface area contributed by atoms with Gasteiger partial charge in [0.25, 0.3) is 0 Å². The van der Waals surface area contributed by atoms with Crippen LogP contribution in [0.4, 0.5) is 0 Å². The van der Waals surface area contributed by atoms with Crippen LogP contribution in [0.5, 0.6) is 0 Å². The van der Waals surface area contributed by atoms with E-state index in [9.17, 15) is 5.11 Å². The minimum atomic E-state index is -0.762. The summed E-state index contributed by atoms with van der Waals surface area (Å²) in [5.74, 6) is 0.980. The van der Waals surface area contributed by atoms with Crippen molar-refractivity contribution in [2.45, 2.75) is 19.1 Å². The van der Waals surface area contributed by atoms with Gasteiger partial charge in [-0.25, -0.2) is 4.98 Å². The number of aryl methyl sites for hydroxylation is 1. The van der Waals surface area contributed by atoms with Crippen molar-refractivity contribution in [1.29, 1.82) is 0 Å². The lowest BCUT2D eigenvalue weighted by molar-refractivity contribution is -0.0220. The second-order valence-corrected chi connectivity index (χ2v) is 6.56. The summed E-state index contributed by atoms with van der Waals surface area (Å²) in [7, 11) is 2.03. The average Bonchev–Trinajstić information content (AvgIpc) is 2.85. The highest BCUT2D eigenvalue weighted by molar-refractivity contribution is 5.75. The Morgan fingerprint density at radius 1 is 1.30 bits per heavy atom. The number of ether oxygens (including phenoxy) is 1. The Balaban J connectivity index is 1.54. The Labute approximate surface area is 137 Å². The Bertz CT molecular complexity index is 647. The molecule has 6 heteroatoms. The van der Waals surface area contributed by atoms with Crippen LogP contribution in [-0.4, -0.2) is 64.6 Å². The molecule has 1 atom stereocenters. The van der Waals surface area contributed by atoms with Gasteiger partial charge in [-0.05, 0) is 19.1 Å². The van der Waals surface area contributed by atoms with Gasteiger partial charge in [-0.3, -0.25) is 4.90 Å². The predicted molar refractivity (Wildman–Crippen MR) is 90.3 cm³/mol. The molecule has 1 aliphatic heterocycles. The molecule has 1 aliphatic rings. The van der Waals surface area contributed by atoms with E-state index in [2.05, 4.69) is 25.8 Å². The number of aromatic nitrogens is 2. The van der Waals surface area contributed by atoms with Crippen molar-refractivity contribution in [2.24, 2.45) is 7.05 Å². The van der Waals surface area contributed by atoms with Crippen molar-refractivity contribution in [3.8, 4) is 0 Å². The van der Waals surface area contributed by atoms with Gasteiger partial charge in [0.05, 0.1) is 36.4 Å². The third-order valence-corrected chi connectivity index (χ3v) is 4.34. The van der Waals surface area contributed by atoms with E-state index in [-0.39, 0.29) is 0 Å². The third-order valence-electron chi connectivity index (χ3n) is 4.34. The number of fused-ring (bicyclic) bond motifs is 1. The molecule has 1 aromatic carbocycles. The van der Waals surface area contributed by atoms with E-state index < -0.39 is 5.60 Å². The second kappa shape index (κ2) is 6.97. The number of aliphatic hydroxyl groups is 1. The first-order valence-electron chi connectivity index (χ1n) is 8.19. The van der Waals surface area contributed by atoms with Crippen molar-refractivity contribution < 1.29 is 9.84 Å². The van der Waals surface area contributed by atoms with Crippen molar-refractivity contribution in [1.82, 2.24) is 19.8 Å². The summed E-state index contributed by atoms with van der Waals surface area (Å²) in [6.45, 7) is 7.00. The van der Waals surface area contributed by atoms with Crippen molar-refractivity contribution in [3.05, 3.63) is 30.1 Å². The summed E-state index contributed by atoms with van der Waals surface area (Å²) in [5, 5.41) is 13.9. The van der Waals surface area contributed by atoms with Crippen molar-refractivity contribution >= 4 is 11.0 Å². The number of β-amino-alcohol motifs (C(OH)–C–C–N with tert-alkyl or cyclic N) is 1. The molecule has 1 fully saturated rings. The number of rotatable bonds is 6. The molecule has 2 aromatic rings. The minimum Gasteiger partial charge on any atom is -0.388 e. The van der Waals surface area contributed by atoms with Gasteiger partial charge in [-0.15, -0.1) is 0 Å². The van der Waals surface area contributed by atoms with Crippen LogP contribution in [-0.2, 0) is 18.3 Å². The predicted octanol–water partition coefficient (Wildman–Crippen LogP) is 0.746. The largest absolute Gasteiger partial charge is 0.388 e. The fourth-order valence-corrected chi connectivity index (χ4v) is 3.09. The molecule has 1 aromatic heterocycles. The molecular weight excluding hydrogens is 292 g/mol. The molecule has 0 bridgehead atoms. The molecule has 0 radical (unpaired) electrons. The van der Waals surface area contributed by atoms with Crippen LogP contribution in [0.25, 0.3) is 11.0 Å². The highest BCUT2D eigenvalue weighted by Gasteiger charge is 2.25. The maximum atomic E-state index is 10.6. The number of benzene rings is 1. The lowest BCUT2D eigenvalue weighted by Gasteiger charge is -2.33. The molecule has 3 rings (SSSR count). The van der Waals surface area contributed by atoms with Gasteiger partial charge in [-0.2, -0.15) is 0 Å². The molecule has 0 aliphatic carbocycles. The van der Waals surface area contributed by atoms with E-state index in [1.54, 1.807) is 0 Å². The number of nitrogens with zero attached hydrogens (tertiary/aromatic N) is 3. The van der Waals surface area contributed by atoms with Crippen LogP contribution in [0.3, 0.4) is 0 Å². The summed E-state index contributed by atoms with van der Waals surface area (Å²) in [6, 6.07) is 8.11. The summed E-state index contributed by atoms with van der Waals surface area (Å²) in [5.41, 5.74) is 1.37. The number of hydrogen-bond acceptors (Lipinski definition) is 5. The number of para-hydroxylation sites is 2. The maximum Gasteiger partial charge on any atom is 0.123 e. The Kier molecular flexibility index (Phi) is 4.96. The van der Waals surface area contributed by atoms with Gasteiger partial charge in [0.15, 0.2) is 0 Å². The van der Waals surface area contributed by atoms with E-state index in [4.69, 9.17) is 4.74 Å². The molecule has 6 nitrogen and oxygen atoms in total. The number of morpholine rings is 1. The van der Waals surface area contributed by atoms with Crippen molar-refractivity contribution in [2.75, 3.05) is 39.4 Å². The van der Waals surface area contributed by atoms with Gasteiger partial charge in [0.2, 0.25) is 0 Å². The highest BCUT2D eigenvalue weighted by Crippen LogP contribution is 2.14. The van der Waals surface area contributed by atoms with Gasteiger partial charge in [0, 0.05) is 33.2 Å². The third kappa shape index (κ3) is 4.09. The van der Waals surface area contributed by atoms with E-state index >= 15 is 0 Å². The topological polar surface area (TPSA) is 62.5 Å². The fourth-order valence-electron chi connectivity index (χ4n) is 3.09. The van der Waals surface area contributed by atoms with E-state index in [1.165, 1.54) is 0 Å². The van der Waals surface area contributed by atoms with Crippen LogP contribution >= 0.6 is 0 Å². The Hall–Kier alpha value is -1.47. The monoisotopic (exact) mass is 318 g/mol. The number of imidazole rings is 1. The number of nitrogens with one attached hydrogen (secondary N) is 1. The zero-order chi connectivity index (χ0) is 16.3. The van der Waals surface area contributed by atoms with Gasteiger partial charge < -0.3 is 19.7 Å². The first-order valence-corrected chi connectivity index (χ1v) is 8.19. The lowest BCUT2D eigenvalue weighted by atomic mass is 10.1. The first-order chi connectivity index (χ1) is 11.1. The quantitative estimate of drug-likeness (QED) is 0.823. The normalized spacial score (nSPS) is 19.1. The Morgan fingerprint density at radius 3 is 2.78 bits per heavy atom. The molecule has 2 heterocycles. The zero-order valence-corrected chi connectivity index (χ0v) is 14.0. The van der Waals surface area contributed by atoms with E-state index in [0.717, 1.165) is 43.2 Å². The average molecular weight is 318 g/mol. The molecular formula is C17H26N4O2. The van der Waals surface area contributed by atoms with Gasteiger partial charge >= 0.3 is 0 Å². The first kappa shape index (κ1) is 16.4. The molecule has 23 heavy (non-hydrogen) atoms. The summed E-state index contributed by atoms with van der Waals surface area (Å²) < 4.78 is 7.44. The van der Waals surface area contributed by atoms with E-state index in [0.29, 0.717) is 19.6 Å². The standard InChI is InChI=1S/C17H26N4O2/c1-17(22,13-21-7-9-23-10-8-21)12-18-11-16-19-14-5-3-4-6-15(14)20(16)2/h3-6,18,22H,7-13H2,1-2H3. The molecule has 0 amide bonds. The van der Waals surface area contributed by atoms with Crippen molar-refractivity contribution in [3.63, 3.8) is 0 Å². The molecule has 0 saturated carbocycles. The molecule has 0 spiro atoms. The van der Waals surface area contributed by atoms with Crippen LogP contribution in [0.15, 0.2) is 24.3 Å². The SMILES string of the molecule is Cn1c(CNCC(C)(O)CN2CCOCC2)nc2ccccc21. The summed E-state index contributed by atoms with van der Waals surface area (Å²) in [6.07, 6.45) is 0. The fraction of sp³-hybridized carbons (Fsp3) is 0.588. The van der Waals surface area contributed by atoms with E-state index in [1.807, 2.05) is 32.2 Å². The molecule has 126 valence electrons. The summed E-state index contributed by atoms with van der Waals surface area (Å²) >= 11 is 0. The highest BCUT2D eigenvalue weighted by atomic mass is 16.5. The van der Waals surface area contributed by atoms with Crippen LogP contribution in [0.2, 0.25) is 0 Å². The van der Waals surface area contributed by atoms with Gasteiger partial charge in [-0.1, -0.05) is 12.1 Å². The number of hydrogen-bond donors (Lipinski definition) is 2. The zero-order valence-electron chi connectivity index (χ0n) is 14.0. The lowest BCUT2D eigenvalue weighted by Crippen LogP contribution is -2.50. The van der Waals surface area contributed by atoms with Crippen LogP contribution in [0, 0.1) is 0 Å². The van der Waals surface area contributed by atoms with Crippen LogP contribution < -0.4 is 5.32 Å². The molecule has 2 N–H and O–H groups in total. The summed E-state index contributed by atoms with van der Waals surface area (Å²) in [4.78, 5) is 6.89. The molecule has 1 saturated heterocycles. The van der Waals surface area contributed by atoms with Crippen LogP contribution in [0.1, 0.15) is 12.7 Å². The Morgan fingerprint density at radius 2 is 2.04 bits per heavy atom. The smallest absolute Gasteiger partial charge is 0.123 e. The van der Waals surface area contributed by atoms with Gasteiger partial charge in [0.1, 0.15) is 5.82 Å².